The van der Waals surface area contributed by atoms with Crippen LogP contribution in [0.2, 0.25) is 0 Å². The monoisotopic (exact) mass is 637 g/mol. The second kappa shape index (κ2) is 22.1. The molecule has 0 spiro atoms. The van der Waals surface area contributed by atoms with Crippen molar-refractivity contribution in [1.82, 2.24) is 0 Å². The highest BCUT2D eigenvalue weighted by Crippen LogP contribution is 2.45. The molecule has 0 aliphatic carbocycles. The van der Waals surface area contributed by atoms with E-state index in [0.717, 1.165) is 62.0 Å². The predicted octanol–water partition coefficient (Wildman–Crippen LogP) is 10.1. The van der Waals surface area contributed by atoms with Crippen LogP contribution >= 0.6 is 0 Å². The van der Waals surface area contributed by atoms with Gasteiger partial charge in [-0.05, 0) is 73.9 Å². The second-order valence-corrected chi connectivity index (χ2v) is 12.1. The molecule has 46 heavy (non-hydrogen) atoms. The number of nitriles is 1. The van der Waals surface area contributed by atoms with Crippen LogP contribution in [0.1, 0.15) is 114 Å². The van der Waals surface area contributed by atoms with E-state index in [-0.39, 0.29) is 6.04 Å². The zero-order chi connectivity index (χ0) is 33.6. The minimum Gasteiger partial charge on any atom is -0.493 e. The first-order valence-corrected chi connectivity index (χ1v) is 17.2. The maximum atomic E-state index is 10.8. The van der Waals surface area contributed by atoms with Gasteiger partial charge in [-0.25, -0.2) is 0 Å². The molecule has 0 amide bonds. The normalized spacial score (nSPS) is 13.2. The third kappa shape index (κ3) is 12.0. The molecule has 0 saturated heterocycles. The van der Waals surface area contributed by atoms with Crippen molar-refractivity contribution in [2.45, 2.75) is 121 Å². The number of methoxy groups -OCH3 is 5. The largest absolute Gasteiger partial charge is 0.493 e. The first-order chi connectivity index (χ1) is 22.4. The molecule has 0 aliphatic rings. The average Bonchev–Trinajstić information content (AvgIpc) is 3.09. The van der Waals surface area contributed by atoms with Crippen molar-refractivity contribution < 1.29 is 23.7 Å². The summed E-state index contributed by atoms with van der Waals surface area (Å²) in [5, 5.41) is 19.5. The Morgan fingerprint density at radius 2 is 1.24 bits per heavy atom. The Hall–Kier alpha value is -3.47. The Morgan fingerprint density at radius 1 is 0.674 bits per heavy atom. The zero-order valence-electron chi connectivity index (χ0n) is 29.7. The van der Waals surface area contributed by atoms with Gasteiger partial charge < -0.3 is 23.7 Å². The van der Waals surface area contributed by atoms with Crippen LogP contribution in [0.25, 0.3) is 0 Å². The predicted molar refractivity (Wildman–Crippen MR) is 186 cm³/mol. The first kappa shape index (κ1) is 38.7. The molecule has 2 unspecified atom stereocenters. The van der Waals surface area contributed by atoms with Gasteiger partial charge in [0.05, 0.1) is 53.1 Å². The minimum absolute atomic E-state index is 0.0618. The Bertz CT molecular complexity index is 1190. The van der Waals surface area contributed by atoms with Gasteiger partial charge in [-0.2, -0.15) is 15.5 Å². The van der Waals surface area contributed by atoms with Gasteiger partial charge in [-0.3, -0.25) is 0 Å². The van der Waals surface area contributed by atoms with Crippen LogP contribution in [-0.2, 0) is 11.8 Å². The van der Waals surface area contributed by atoms with Gasteiger partial charge in [0.15, 0.2) is 23.0 Å². The van der Waals surface area contributed by atoms with E-state index in [2.05, 4.69) is 29.3 Å². The SMILES string of the molecule is CCCCCCCCCCCCC(C#N)(CCCC(CCc1ccc(OC)c(OC)c1)N=NC)c1cc(OC)c(OC)c(OC)c1. The number of rotatable bonds is 25. The smallest absolute Gasteiger partial charge is 0.203 e. The van der Waals surface area contributed by atoms with E-state index >= 15 is 0 Å². The number of azo groups is 1. The number of aryl methyl sites for hydroxylation is 1. The van der Waals surface area contributed by atoms with Gasteiger partial charge in [-0.1, -0.05) is 77.2 Å². The molecular weight excluding hydrogens is 578 g/mol. The fourth-order valence-corrected chi connectivity index (χ4v) is 6.29. The highest BCUT2D eigenvalue weighted by Gasteiger charge is 2.34. The number of nitrogens with zero attached hydrogens (tertiary/aromatic N) is 3. The van der Waals surface area contributed by atoms with Gasteiger partial charge in [0.25, 0.3) is 0 Å². The summed E-state index contributed by atoms with van der Waals surface area (Å²) in [7, 11) is 9.87. The molecule has 8 nitrogen and oxygen atoms in total. The molecule has 0 bridgehead atoms. The third-order valence-corrected chi connectivity index (χ3v) is 9.02. The molecule has 0 N–H and O–H groups in total. The van der Waals surface area contributed by atoms with Crippen LogP contribution in [-0.4, -0.2) is 48.6 Å². The van der Waals surface area contributed by atoms with E-state index in [4.69, 9.17) is 23.7 Å². The molecule has 0 fully saturated rings. The lowest BCUT2D eigenvalue weighted by Crippen LogP contribution is -2.25. The van der Waals surface area contributed by atoms with E-state index in [1.54, 1.807) is 42.6 Å². The Kier molecular flexibility index (Phi) is 18.6. The summed E-state index contributed by atoms with van der Waals surface area (Å²) in [6.45, 7) is 2.26. The van der Waals surface area contributed by atoms with Gasteiger partial charge in [0.1, 0.15) is 0 Å². The first-order valence-electron chi connectivity index (χ1n) is 17.2. The van der Waals surface area contributed by atoms with Gasteiger partial charge in [0.2, 0.25) is 5.75 Å². The topological polar surface area (TPSA) is 94.7 Å². The summed E-state index contributed by atoms with van der Waals surface area (Å²) in [6, 6.07) is 12.8. The average molecular weight is 638 g/mol. The van der Waals surface area contributed by atoms with Crippen LogP contribution in [0.3, 0.4) is 0 Å². The van der Waals surface area contributed by atoms with Crippen molar-refractivity contribution in [3.63, 3.8) is 0 Å². The summed E-state index contributed by atoms with van der Waals surface area (Å²) >= 11 is 0. The van der Waals surface area contributed by atoms with Gasteiger partial charge >= 0.3 is 0 Å². The maximum Gasteiger partial charge on any atom is 0.203 e. The highest BCUT2D eigenvalue weighted by atomic mass is 16.5. The number of ether oxygens (including phenoxy) is 5. The molecule has 0 saturated carbocycles. The summed E-state index contributed by atoms with van der Waals surface area (Å²) in [5.74, 6) is 3.14. The second-order valence-electron chi connectivity index (χ2n) is 12.1. The molecule has 0 aromatic heterocycles. The van der Waals surface area contributed by atoms with E-state index < -0.39 is 5.41 Å². The van der Waals surface area contributed by atoms with Gasteiger partial charge in [0, 0.05) is 7.05 Å². The summed E-state index contributed by atoms with van der Waals surface area (Å²) in [6.07, 6.45) is 17.4. The lowest BCUT2D eigenvalue weighted by atomic mass is 9.73. The molecule has 0 heterocycles. The number of hydrogen-bond donors (Lipinski definition) is 0. The molecule has 2 aromatic rings. The minimum atomic E-state index is -0.676. The van der Waals surface area contributed by atoms with E-state index in [9.17, 15) is 5.26 Å². The molecular formula is C38H59N3O5. The zero-order valence-corrected chi connectivity index (χ0v) is 29.7. The van der Waals surface area contributed by atoms with Crippen LogP contribution in [0.5, 0.6) is 28.7 Å². The third-order valence-electron chi connectivity index (χ3n) is 9.02. The fourth-order valence-electron chi connectivity index (χ4n) is 6.29. The van der Waals surface area contributed by atoms with Crippen molar-refractivity contribution in [3.05, 3.63) is 41.5 Å². The summed E-state index contributed by atoms with van der Waals surface area (Å²) in [5.41, 5.74) is 1.41. The quantitative estimate of drug-likeness (QED) is 0.0794. The molecule has 8 heteroatoms. The standard InChI is InChI=1S/C38H59N3O5/c1-8-9-10-11-12-13-14-15-16-17-24-38(29-39,31-27-35(44-5)37(46-7)36(28-31)45-6)25-18-19-32(41-40-2)22-20-30-21-23-33(42-3)34(26-30)43-4/h21,23,26-28,32H,8-20,22,24-25H2,1-7H3. The maximum absolute atomic E-state index is 10.8. The van der Waals surface area contributed by atoms with Gasteiger partial charge in [-0.15, -0.1) is 0 Å². The molecule has 2 aromatic carbocycles. The van der Waals surface area contributed by atoms with E-state index in [1.807, 2.05) is 24.3 Å². The van der Waals surface area contributed by atoms with Crippen molar-refractivity contribution >= 4 is 0 Å². The van der Waals surface area contributed by atoms with E-state index in [0.29, 0.717) is 23.7 Å². The Balaban J connectivity index is 2.15. The number of benzene rings is 2. The molecule has 2 atom stereocenters. The fraction of sp³-hybridized carbons (Fsp3) is 0.658. The van der Waals surface area contributed by atoms with Crippen LogP contribution in [0.15, 0.2) is 40.6 Å². The molecule has 256 valence electrons. The lowest BCUT2D eigenvalue weighted by Gasteiger charge is -2.29. The molecule has 2 rings (SSSR count). The van der Waals surface area contributed by atoms with Crippen molar-refractivity contribution in [1.29, 1.82) is 5.26 Å². The Labute approximate surface area is 278 Å². The van der Waals surface area contributed by atoms with Crippen LogP contribution < -0.4 is 23.7 Å². The number of unbranched alkanes of at least 4 members (excludes halogenated alkanes) is 9. The number of hydrogen-bond acceptors (Lipinski definition) is 8. The molecule has 0 radical (unpaired) electrons. The van der Waals surface area contributed by atoms with Crippen molar-refractivity contribution in [3.8, 4) is 34.8 Å². The Morgan fingerprint density at radius 3 is 1.76 bits per heavy atom. The van der Waals surface area contributed by atoms with E-state index in [1.165, 1.54) is 56.9 Å². The van der Waals surface area contributed by atoms with Crippen molar-refractivity contribution in [2.24, 2.45) is 10.2 Å². The summed E-state index contributed by atoms with van der Waals surface area (Å²) < 4.78 is 27.8. The molecule has 0 aliphatic heterocycles. The van der Waals surface area contributed by atoms with Crippen LogP contribution in [0, 0.1) is 11.3 Å². The summed E-state index contributed by atoms with van der Waals surface area (Å²) in [4.78, 5) is 0. The highest BCUT2D eigenvalue weighted by molar-refractivity contribution is 5.56. The van der Waals surface area contributed by atoms with Crippen LogP contribution in [0.4, 0.5) is 0 Å². The van der Waals surface area contributed by atoms with Crippen molar-refractivity contribution in [2.75, 3.05) is 42.6 Å². The lowest BCUT2D eigenvalue weighted by molar-refractivity contribution is 0.321.